The summed E-state index contributed by atoms with van der Waals surface area (Å²) < 4.78 is 51.4. The van der Waals surface area contributed by atoms with Crippen molar-refractivity contribution in [2.45, 2.75) is 0 Å². The van der Waals surface area contributed by atoms with Gasteiger partial charge in [-0.15, -0.1) is 11.3 Å². The average molecular weight is 364 g/mol. The Kier molecular flexibility index (Phi) is 4.85. The van der Waals surface area contributed by atoms with Crippen LogP contribution < -0.4 is 10.9 Å². The molecule has 3 nitrogen and oxygen atoms in total. The second-order valence-corrected chi connectivity index (χ2v) is 5.99. The first-order valence-corrected chi connectivity index (χ1v) is 8.11. The summed E-state index contributed by atoms with van der Waals surface area (Å²) in [6.07, 6.45) is 1.19. The normalized spacial score (nSPS) is 11.8. The van der Waals surface area contributed by atoms with Crippen LogP contribution in [0.25, 0.3) is 11.3 Å². The topological polar surface area (TPSA) is 37.3 Å². The molecule has 9 heteroatoms. The maximum atomic E-state index is 13.2. The molecule has 0 aliphatic rings. The number of thiazole rings is 1. The van der Waals surface area contributed by atoms with E-state index in [0.29, 0.717) is 5.13 Å². The number of nitrogens with zero attached hydrogens (tertiary/aromatic N) is 2. The van der Waals surface area contributed by atoms with E-state index in [2.05, 4.69) is 15.5 Å². The zero-order chi connectivity index (χ0) is 17.9. The molecule has 1 heterocycles. The minimum Gasteiger partial charge on any atom is -0.445 e. The molecule has 1 aromatic heterocycles. The number of aromatic nitrogens is 1. The highest BCUT2D eigenvalue weighted by Gasteiger charge is 2.28. The summed E-state index contributed by atoms with van der Waals surface area (Å²) in [7, 11) is 0. The highest BCUT2D eigenvalue weighted by Crippen LogP contribution is 2.24. The van der Waals surface area contributed by atoms with Gasteiger partial charge in [-0.25, -0.2) is 9.37 Å². The number of benzene rings is 2. The highest BCUT2D eigenvalue weighted by molar-refractivity contribution is 7.14. The Labute approximate surface area is 145 Å². The predicted molar refractivity (Wildman–Crippen MR) is 93.9 cm³/mol. The van der Waals surface area contributed by atoms with Gasteiger partial charge >= 0.3 is 6.98 Å². The Hall–Kier alpha value is -2.68. The maximum absolute atomic E-state index is 13.2. The molecule has 1 N–H and O–H groups in total. The van der Waals surface area contributed by atoms with Crippen LogP contribution in [-0.4, -0.2) is 18.2 Å². The SMILES string of the molecule is Fc1ccc(C=NNc2nc(-c3ccccc3)cs2)cc1[B-](F)(F)F. The van der Waals surface area contributed by atoms with Gasteiger partial charge in [-0.05, 0) is 11.6 Å². The van der Waals surface area contributed by atoms with Crippen LogP contribution in [0.5, 0.6) is 0 Å². The van der Waals surface area contributed by atoms with Gasteiger partial charge in [0.1, 0.15) is 0 Å². The second-order valence-electron chi connectivity index (χ2n) is 5.13. The van der Waals surface area contributed by atoms with Crippen molar-refractivity contribution in [1.82, 2.24) is 4.98 Å². The number of hydrogen-bond donors (Lipinski definition) is 1. The minimum absolute atomic E-state index is 0.142. The summed E-state index contributed by atoms with van der Waals surface area (Å²) in [4.78, 5) is 4.34. The third-order valence-corrected chi connectivity index (χ3v) is 4.07. The summed E-state index contributed by atoms with van der Waals surface area (Å²) in [5.74, 6) is -1.29. The number of halogens is 4. The lowest BCUT2D eigenvalue weighted by molar-refractivity contribution is 0.494. The van der Waals surface area contributed by atoms with Crippen molar-refractivity contribution >= 4 is 35.1 Å². The lowest BCUT2D eigenvalue weighted by Crippen LogP contribution is -2.37. The van der Waals surface area contributed by atoms with Crippen molar-refractivity contribution in [2.75, 3.05) is 5.43 Å². The molecule has 2 aromatic carbocycles. The Bertz CT molecular complexity index is 894. The van der Waals surface area contributed by atoms with Crippen molar-refractivity contribution in [3.8, 4) is 11.3 Å². The predicted octanol–water partition coefficient (Wildman–Crippen LogP) is 4.45. The first-order chi connectivity index (χ1) is 11.9. The van der Waals surface area contributed by atoms with E-state index in [4.69, 9.17) is 0 Å². The molecule has 3 rings (SSSR count). The van der Waals surface area contributed by atoms with Gasteiger partial charge in [0.25, 0.3) is 0 Å². The fraction of sp³-hybridized carbons (Fsp3) is 0. The molecule has 0 fully saturated rings. The second kappa shape index (κ2) is 7.06. The smallest absolute Gasteiger partial charge is 0.445 e. The van der Waals surface area contributed by atoms with Crippen LogP contribution in [0, 0.1) is 5.82 Å². The average Bonchev–Trinajstić information content (AvgIpc) is 3.05. The fourth-order valence-corrected chi connectivity index (χ4v) is 2.79. The molecule has 0 bridgehead atoms. The molecular formula is C16H11BF4N3S-. The van der Waals surface area contributed by atoms with Gasteiger partial charge in [0.15, 0.2) is 0 Å². The molecular weight excluding hydrogens is 353 g/mol. The number of hydrogen-bond acceptors (Lipinski definition) is 4. The number of nitrogens with one attached hydrogen (secondary N) is 1. The molecule has 0 radical (unpaired) electrons. The molecule has 0 atom stereocenters. The summed E-state index contributed by atoms with van der Waals surface area (Å²) in [6, 6.07) is 12.3. The van der Waals surface area contributed by atoms with E-state index in [0.717, 1.165) is 23.4 Å². The minimum atomic E-state index is -5.41. The first kappa shape index (κ1) is 17.2. The molecule has 128 valence electrons. The monoisotopic (exact) mass is 364 g/mol. The largest absolute Gasteiger partial charge is 0.512 e. The fourth-order valence-electron chi connectivity index (χ4n) is 2.12. The molecule has 25 heavy (non-hydrogen) atoms. The molecule has 0 spiro atoms. The van der Waals surface area contributed by atoms with Gasteiger partial charge in [0.05, 0.1) is 17.7 Å². The van der Waals surface area contributed by atoms with Gasteiger partial charge in [0.2, 0.25) is 5.13 Å². The zero-order valence-corrected chi connectivity index (χ0v) is 13.5. The summed E-state index contributed by atoms with van der Waals surface area (Å²) in [5.41, 5.74) is 3.27. The maximum Gasteiger partial charge on any atom is 0.512 e. The Morgan fingerprint density at radius 3 is 2.56 bits per heavy atom. The van der Waals surface area contributed by atoms with Crippen LogP contribution in [-0.2, 0) is 0 Å². The van der Waals surface area contributed by atoms with E-state index in [1.165, 1.54) is 23.6 Å². The number of rotatable bonds is 5. The lowest BCUT2D eigenvalue weighted by Gasteiger charge is -2.16. The van der Waals surface area contributed by atoms with Crippen molar-refractivity contribution in [3.05, 3.63) is 65.3 Å². The van der Waals surface area contributed by atoms with E-state index in [-0.39, 0.29) is 5.56 Å². The van der Waals surface area contributed by atoms with Crippen LogP contribution in [0.3, 0.4) is 0 Å². The lowest BCUT2D eigenvalue weighted by atomic mass is 9.79. The highest BCUT2D eigenvalue weighted by atomic mass is 32.1. The van der Waals surface area contributed by atoms with Gasteiger partial charge < -0.3 is 12.9 Å². The van der Waals surface area contributed by atoms with Crippen LogP contribution in [0.1, 0.15) is 5.56 Å². The van der Waals surface area contributed by atoms with E-state index in [1.807, 2.05) is 35.7 Å². The van der Waals surface area contributed by atoms with Crippen molar-refractivity contribution in [3.63, 3.8) is 0 Å². The van der Waals surface area contributed by atoms with Gasteiger partial charge in [0, 0.05) is 10.9 Å². The molecule has 3 aromatic rings. The summed E-state index contributed by atoms with van der Waals surface area (Å²) in [5, 5.41) is 6.20. The molecule has 0 saturated carbocycles. The van der Waals surface area contributed by atoms with Crippen LogP contribution in [0.15, 0.2) is 59.0 Å². The van der Waals surface area contributed by atoms with E-state index >= 15 is 0 Å². The van der Waals surface area contributed by atoms with Crippen molar-refractivity contribution in [2.24, 2.45) is 5.10 Å². The van der Waals surface area contributed by atoms with E-state index < -0.39 is 18.3 Å². The van der Waals surface area contributed by atoms with Crippen LogP contribution in [0.2, 0.25) is 0 Å². The molecule has 0 saturated heterocycles. The standard InChI is InChI=1S/C16H11BF4N3S/c18-14-7-6-11(8-13(14)17(19,20)21)9-22-24-16-23-15(10-25-16)12-4-2-1-3-5-12/h1-10H,(H,23,24)/q-1. The van der Waals surface area contributed by atoms with Crippen LogP contribution in [0.4, 0.5) is 22.5 Å². The Balaban J connectivity index is 1.71. The Morgan fingerprint density at radius 2 is 1.84 bits per heavy atom. The molecule has 0 unspecified atom stereocenters. The molecule has 0 aliphatic carbocycles. The third kappa shape index (κ3) is 4.24. The quantitative estimate of drug-likeness (QED) is 0.314. The van der Waals surface area contributed by atoms with Crippen molar-refractivity contribution < 1.29 is 17.3 Å². The first-order valence-electron chi connectivity index (χ1n) is 7.23. The van der Waals surface area contributed by atoms with Gasteiger partial charge in [-0.1, -0.05) is 47.9 Å². The van der Waals surface area contributed by atoms with Crippen LogP contribution >= 0.6 is 11.3 Å². The molecule has 0 aliphatic heterocycles. The molecule has 0 amide bonds. The van der Waals surface area contributed by atoms with Crippen molar-refractivity contribution in [1.29, 1.82) is 0 Å². The number of anilines is 1. The van der Waals surface area contributed by atoms with E-state index in [1.54, 1.807) is 0 Å². The third-order valence-electron chi connectivity index (χ3n) is 3.32. The summed E-state index contributed by atoms with van der Waals surface area (Å²) in [6.45, 7) is -5.41. The zero-order valence-electron chi connectivity index (χ0n) is 12.7. The van der Waals surface area contributed by atoms with Gasteiger partial charge in [-0.3, -0.25) is 5.43 Å². The van der Waals surface area contributed by atoms with Gasteiger partial charge in [-0.2, -0.15) is 5.10 Å². The number of hydrazone groups is 1. The Morgan fingerprint density at radius 1 is 1.08 bits per heavy atom. The van der Waals surface area contributed by atoms with E-state index in [9.17, 15) is 17.3 Å². The summed E-state index contributed by atoms with van der Waals surface area (Å²) >= 11 is 1.32.